The molecule has 2 aromatic heterocycles. The summed E-state index contributed by atoms with van der Waals surface area (Å²) in [6.07, 6.45) is 1.87. The Bertz CT molecular complexity index is 1290. The molecule has 1 N–H and O–H groups in total. The molecule has 11 heteroatoms. The predicted octanol–water partition coefficient (Wildman–Crippen LogP) is 5.15. The first-order chi connectivity index (χ1) is 15.3. The summed E-state index contributed by atoms with van der Waals surface area (Å²) in [5.74, 6) is -0.172. The van der Waals surface area contributed by atoms with Gasteiger partial charge in [-0.2, -0.15) is 5.10 Å². The van der Waals surface area contributed by atoms with Gasteiger partial charge in [-0.05, 0) is 49.4 Å². The number of aromatic nitrogens is 5. The van der Waals surface area contributed by atoms with Crippen LogP contribution in [0.1, 0.15) is 5.69 Å². The van der Waals surface area contributed by atoms with Crippen molar-refractivity contribution in [2.24, 2.45) is 7.05 Å². The maximum atomic E-state index is 13.3. The van der Waals surface area contributed by atoms with E-state index in [0.29, 0.717) is 21.7 Å². The van der Waals surface area contributed by atoms with Gasteiger partial charge in [-0.25, -0.2) is 4.39 Å². The summed E-state index contributed by atoms with van der Waals surface area (Å²) in [5.41, 5.74) is 2.84. The monoisotopic (exact) mass is 490 g/mol. The van der Waals surface area contributed by atoms with Crippen LogP contribution in [-0.2, 0) is 11.8 Å². The molecule has 0 radical (unpaired) electrons. The predicted molar refractivity (Wildman–Crippen MR) is 124 cm³/mol. The van der Waals surface area contributed by atoms with Gasteiger partial charge in [0.25, 0.3) is 0 Å². The van der Waals surface area contributed by atoms with Crippen molar-refractivity contribution in [2.45, 2.75) is 12.1 Å². The summed E-state index contributed by atoms with van der Waals surface area (Å²) in [6, 6.07) is 11.3. The van der Waals surface area contributed by atoms with Gasteiger partial charge in [-0.3, -0.25) is 14.0 Å². The third-order valence-electron chi connectivity index (χ3n) is 4.51. The molecule has 0 aliphatic heterocycles. The zero-order chi connectivity index (χ0) is 22.8. The molecule has 4 rings (SSSR count). The van der Waals surface area contributed by atoms with Crippen molar-refractivity contribution in [3.8, 4) is 17.1 Å². The van der Waals surface area contributed by atoms with E-state index in [1.165, 1.54) is 30.0 Å². The number of anilines is 1. The largest absolute Gasteiger partial charge is 0.325 e. The van der Waals surface area contributed by atoms with Crippen LogP contribution in [0.15, 0.2) is 53.8 Å². The van der Waals surface area contributed by atoms with Gasteiger partial charge in [0.1, 0.15) is 5.82 Å². The highest BCUT2D eigenvalue weighted by atomic mass is 35.5. The van der Waals surface area contributed by atoms with Crippen LogP contribution in [0.3, 0.4) is 0 Å². The van der Waals surface area contributed by atoms with E-state index < -0.39 is 5.82 Å². The van der Waals surface area contributed by atoms with Crippen LogP contribution in [0, 0.1) is 12.7 Å². The average molecular weight is 491 g/mol. The van der Waals surface area contributed by atoms with Crippen LogP contribution in [0.5, 0.6) is 0 Å². The molecular weight excluding hydrogens is 474 g/mol. The van der Waals surface area contributed by atoms with Gasteiger partial charge in [-0.1, -0.05) is 35.0 Å². The fourth-order valence-corrected chi connectivity index (χ4v) is 4.14. The molecule has 2 aromatic carbocycles. The lowest BCUT2D eigenvalue weighted by Crippen LogP contribution is -2.14. The molecule has 2 heterocycles. The molecule has 0 aliphatic rings. The van der Waals surface area contributed by atoms with Crippen LogP contribution in [0.25, 0.3) is 17.1 Å². The molecule has 1 amide bonds. The summed E-state index contributed by atoms with van der Waals surface area (Å²) < 4.78 is 16.9. The summed E-state index contributed by atoms with van der Waals surface area (Å²) in [7, 11) is 1.83. The summed E-state index contributed by atoms with van der Waals surface area (Å²) >= 11 is 13.0. The number of hydrogen-bond donors (Lipinski definition) is 1. The van der Waals surface area contributed by atoms with Crippen molar-refractivity contribution in [2.75, 3.05) is 11.1 Å². The maximum absolute atomic E-state index is 13.3. The molecule has 7 nitrogen and oxygen atoms in total. The Balaban J connectivity index is 1.60. The number of aryl methyl sites for hydroxylation is 2. The maximum Gasteiger partial charge on any atom is 0.234 e. The summed E-state index contributed by atoms with van der Waals surface area (Å²) in [5, 5.41) is 16.8. The van der Waals surface area contributed by atoms with E-state index >= 15 is 0 Å². The number of carbonyl (C=O) groups excluding carboxylic acids is 1. The molecule has 0 bridgehead atoms. The minimum absolute atomic E-state index is 0.0607. The Morgan fingerprint density at radius 2 is 1.91 bits per heavy atom. The van der Waals surface area contributed by atoms with Crippen molar-refractivity contribution in [3.63, 3.8) is 0 Å². The highest BCUT2D eigenvalue weighted by Crippen LogP contribution is 2.30. The Morgan fingerprint density at radius 3 is 2.56 bits per heavy atom. The number of carbonyl (C=O) groups is 1. The molecule has 0 aliphatic carbocycles. The lowest BCUT2D eigenvalue weighted by molar-refractivity contribution is -0.113. The number of thioether (sulfide) groups is 1. The Kier molecular flexibility index (Phi) is 6.50. The quantitative estimate of drug-likeness (QED) is 0.378. The van der Waals surface area contributed by atoms with Crippen LogP contribution in [-0.4, -0.2) is 36.2 Å². The standard InChI is InChI=1S/C21H17Cl2FN6OS/c1-12-16(10-29(2)28-12)20-26-27-21(30(20)15-6-3-13(22)4-7-15)32-11-19(31)25-14-5-8-18(24)17(23)9-14/h3-10H,11H2,1-2H3,(H,25,31). The lowest BCUT2D eigenvalue weighted by Gasteiger charge is -2.10. The van der Waals surface area contributed by atoms with E-state index in [9.17, 15) is 9.18 Å². The fraction of sp³-hybridized carbons (Fsp3) is 0.143. The van der Waals surface area contributed by atoms with E-state index in [1.54, 1.807) is 16.8 Å². The fourth-order valence-electron chi connectivity index (χ4n) is 3.08. The van der Waals surface area contributed by atoms with Gasteiger partial charge in [0, 0.05) is 29.6 Å². The van der Waals surface area contributed by atoms with E-state index in [-0.39, 0.29) is 16.7 Å². The van der Waals surface area contributed by atoms with E-state index in [4.69, 9.17) is 23.2 Å². The first-order valence-electron chi connectivity index (χ1n) is 9.41. The van der Waals surface area contributed by atoms with Crippen LogP contribution < -0.4 is 5.32 Å². The molecule has 0 atom stereocenters. The third-order valence-corrected chi connectivity index (χ3v) is 5.98. The topological polar surface area (TPSA) is 77.6 Å². The summed E-state index contributed by atoms with van der Waals surface area (Å²) in [4.78, 5) is 12.5. The summed E-state index contributed by atoms with van der Waals surface area (Å²) in [6.45, 7) is 1.89. The molecule has 0 spiro atoms. The van der Waals surface area contributed by atoms with E-state index in [0.717, 1.165) is 16.9 Å². The smallest absolute Gasteiger partial charge is 0.234 e. The van der Waals surface area contributed by atoms with Crippen molar-refractivity contribution in [1.82, 2.24) is 24.5 Å². The molecule has 0 saturated carbocycles. The Hall–Kier alpha value is -2.88. The van der Waals surface area contributed by atoms with Gasteiger partial charge >= 0.3 is 0 Å². The second-order valence-electron chi connectivity index (χ2n) is 6.89. The van der Waals surface area contributed by atoms with Crippen molar-refractivity contribution in [1.29, 1.82) is 0 Å². The van der Waals surface area contributed by atoms with Crippen LogP contribution in [0.2, 0.25) is 10.0 Å². The molecule has 0 fully saturated rings. The molecular formula is C21H17Cl2FN6OS. The number of amides is 1. The molecule has 164 valence electrons. The number of nitrogens with one attached hydrogen (secondary N) is 1. The Morgan fingerprint density at radius 1 is 1.16 bits per heavy atom. The number of nitrogens with zero attached hydrogens (tertiary/aromatic N) is 5. The zero-order valence-corrected chi connectivity index (χ0v) is 19.3. The minimum atomic E-state index is -0.548. The third kappa shape index (κ3) is 4.79. The molecule has 0 saturated heterocycles. The van der Waals surface area contributed by atoms with Gasteiger partial charge in [0.05, 0.1) is 22.0 Å². The van der Waals surface area contributed by atoms with Crippen molar-refractivity contribution < 1.29 is 9.18 Å². The zero-order valence-electron chi connectivity index (χ0n) is 17.0. The molecule has 4 aromatic rings. The van der Waals surface area contributed by atoms with E-state index in [2.05, 4.69) is 20.6 Å². The normalized spacial score (nSPS) is 11.0. The Labute approximate surface area is 197 Å². The number of rotatable bonds is 6. The van der Waals surface area contributed by atoms with Gasteiger partial charge in [-0.15, -0.1) is 10.2 Å². The van der Waals surface area contributed by atoms with Crippen molar-refractivity contribution in [3.05, 3.63) is 70.2 Å². The molecule has 32 heavy (non-hydrogen) atoms. The van der Waals surface area contributed by atoms with Gasteiger partial charge < -0.3 is 5.32 Å². The van der Waals surface area contributed by atoms with Crippen LogP contribution in [0.4, 0.5) is 10.1 Å². The van der Waals surface area contributed by atoms with Gasteiger partial charge in [0.15, 0.2) is 11.0 Å². The second kappa shape index (κ2) is 9.32. The lowest BCUT2D eigenvalue weighted by atomic mass is 10.2. The number of halogens is 3. The van der Waals surface area contributed by atoms with Crippen LogP contribution >= 0.6 is 35.0 Å². The highest BCUT2D eigenvalue weighted by Gasteiger charge is 2.20. The number of hydrogen-bond acceptors (Lipinski definition) is 5. The first-order valence-corrected chi connectivity index (χ1v) is 11.2. The second-order valence-corrected chi connectivity index (χ2v) is 8.67. The molecule has 0 unspecified atom stereocenters. The first kappa shape index (κ1) is 22.3. The van der Waals surface area contributed by atoms with Gasteiger partial charge in [0.2, 0.25) is 5.91 Å². The average Bonchev–Trinajstić information content (AvgIpc) is 3.32. The SMILES string of the molecule is Cc1nn(C)cc1-c1nnc(SCC(=O)Nc2ccc(F)c(Cl)c2)n1-c1ccc(Cl)cc1. The van der Waals surface area contributed by atoms with E-state index in [1.807, 2.05) is 36.9 Å². The van der Waals surface area contributed by atoms with Crippen molar-refractivity contribution >= 4 is 46.6 Å². The number of benzene rings is 2. The minimum Gasteiger partial charge on any atom is -0.325 e. The highest BCUT2D eigenvalue weighted by molar-refractivity contribution is 7.99.